The largest absolute Gasteiger partial charge is 0.265 e. The highest BCUT2D eigenvalue weighted by Gasteiger charge is 2.20. The van der Waals surface area contributed by atoms with Crippen LogP contribution in [0.1, 0.15) is 5.56 Å². The van der Waals surface area contributed by atoms with Gasteiger partial charge in [-0.25, -0.2) is 18.1 Å². The molecule has 0 spiro atoms. The summed E-state index contributed by atoms with van der Waals surface area (Å²) < 4.78 is 27.9. The van der Waals surface area contributed by atoms with Gasteiger partial charge in [0.25, 0.3) is 16.0 Å². The third kappa shape index (κ3) is 3.28. The van der Waals surface area contributed by atoms with Crippen LogP contribution in [0.3, 0.4) is 0 Å². The van der Waals surface area contributed by atoms with E-state index in [1.54, 1.807) is 6.07 Å². The van der Waals surface area contributed by atoms with E-state index in [2.05, 4.69) is 51.8 Å². The van der Waals surface area contributed by atoms with E-state index in [0.717, 1.165) is 5.56 Å². The van der Waals surface area contributed by atoms with Crippen molar-refractivity contribution in [3.8, 4) is 0 Å². The van der Waals surface area contributed by atoms with Crippen molar-refractivity contribution in [3.63, 3.8) is 0 Å². The van der Waals surface area contributed by atoms with Crippen LogP contribution in [0.4, 0.5) is 5.95 Å². The van der Waals surface area contributed by atoms with Crippen molar-refractivity contribution >= 4 is 47.8 Å². The number of nitrogens with zero attached hydrogens (tertiary/aromatic N) is 3. The number of benzene rings is 1. The predicted molar refractivity (Wildman–Crippen MR) is 77.2 cm³/mol. The van der Waals surface area contributed by atoms with Gasteiger partial charge in [0.1, 0.15) is 4.90 Å². The molecule has 1 N–H and O–H groups in total. The lowest BCUT2D eigenvalue weighted by Crippen LogP contribution is -2.16. The Hall–Kier alpha value is -1.06. The number of rotatable bonds is 3. The Bertz CT molecular complexity index is 707. The van der Waals surface area contributed by atoms with Crippen LogP contribution in [0.2, 0.25) is 0 Å². The van der Waals surface area contributed by atoms with Gasteiger partial charge < -0.3 is 0 Å². The van der Waals surface area contributed by atoms with E-state index >= 15 is 0 Å². The van der Waals surface area contributed by atoms with Crippen molar-refractivity contribution in [2.45, 2.75) is 11.8 Å². The van der Waals surface area contributed by atoms with Gasteiger partial charge in [0.15, 0.2) is 0 Å². The first-order chi connectivity index (χ1) is 8.90. The fourth-order valence-electron chi connectivity index (χ4n) is 1.30. The average molecular weight is 408 g/mol. The second-order valence-electron chi connectivity index (χ2n) is 3.60. The summed E-state index contributed by atoms with van der Waals surface area (Å²) in [6.45, 7) is 1.86. The van der Waals surface area contributed by atoms with Gasteiger partial charge in [-0.05, 0) is 40.5 Å². The summed E-state index contributed by atoms with van der Waals surface area (Å²) in [6.07, 6.45) is 2.71. The molecule has 6 nitrogen and oxygen atoms in total. The van der Waals surface area contributed by atoms with E-state index < -0.39 is 10.0 Å². The van der Waals surface area contributed by atoms with Crippen molar-refractivity contribution in [3.05, 3.63) is 39.0 Å². The van der Waals surface area contributed by atoms with Crippen LogP contribution in [-0.4, -0.2) is 23.6 Å². The monoisotopic (exact) mass is 406 g/mol. The van der Waals surface area contributed by atoms with Crippen molar-refractivity contribution < 1.29 is 8.42 Å². The second kappa shape index (κ2) is 5.51. The van der Waals surface area contributed by atoms with E-state index in [4.69, 9.17) is 0 Å². The molecule has 0 aliphatic rings. The Balaban J connectivity index is 2.43. The number of hydrogen-bond donors (Lipinski definition) is 1. The third-order valence-electron chi connectivity index (χ3n) is 2.21. The van der Waals surface area contributed by atoms with Crippen LogP contribution in [-0.2, 0) is 10.0 Å². The van der Waals surface area contributed by atoms with E-state index in [0.29, 0.717) is 8.95 Å². The van der Waals surface area contributed by atoms with Crippen LogP contribution in [0.25, 0.3) is 0 Å². The SMILES string of the molecule is Cc1cc(Br)c(S(=O)(=O)Nc2nccnn2)cc1Br. The molecule has 100 valence electrons. The summed E-state index contributed by atoms with van der Waals surface area (Å²) in [4.78, 5) is 3.86. The molecule has 0 unspecified atom stereocenters. The molecule has 0 amide bonds. The number of anilines is 1. The van der Waals surface area contributed by atoms with E-state index in [9.17, 15) is 8.42 Å². The van der Waals surface area contributed by atoms with Crippen LogP contribution >= 0.6 is 31.9 Å². The number of halogens is 2. The molecule has 0 atom stereocenters. The molecular formula is C10H8Br2N4O2S. The maximum absolute atomic E-state index is 12.2. The van der Waals surface area contributed by atoms with Crippen molar-refractivity contribution in [2.24, 2.45) is 0 Å². The smallest absolute Gasteiger partial charge is 0.246 e. The molecule has 1 aromatic heterocycles. The molecule has 0 fully saturated rings. The van der Waals surface area contributed by atoms with E-state index in [1.165, 1.54) is 18.5 Å². The summed E-state index contributed by atoms with van der Waals surface area (Å²) >= 11 is 6.54. The second-order valence-corrected chi connectivity index (χ2v) is 6.96. The lowest BCUT2D eigenvalue weighted by molar-refractivity contribution is 0.600. The molecule has 0 aliphatic carbocycles. The van der Waals surface area contributed by atoms with Gasteiger partial charge in [0.05, 0.1) is 12.4 Å². The van der Waals surface area contributed by atoms with Gasteiger partial charge in [-0.3, -0.25) is 0 Å². The summed E-state index contributed by atoms with van der Waals surface area (Å²) in [7, 11) is -3.78. The van der Waals surface area contributed by atoms with E-state index in [1.807, 2.05) is 6.92 Å². The minimum atomic E-state index is -3.78. The summed E-state index contributed by atoms with van der Waals surface area (Å²) in [5, 5.41) is 7.14. The first-order valence-electron chi connectivity index (χ1n) is 5.02. The Labute approximate surface area is 127 Å². The molecule has 2 rings (SSSR count). The van der Waals surface area contributed by atoms with Crippen molar-refractivity contribution in [1.29, 1.82) is 0 Å². The molecule has 1 aromatic carbocycles. The molecule has 9 heteroatoms. The number of aromatic nitrogens is 3. The van der Waals surface area contributed by atoms with Crippen LogP contribution in [0, 0.1) is 6.92 Å². The quantitative estimate of drug-likeness (QED) is 0.844. The Kier molecular flexibility index (Phi) is 4.16. The predicted octanol–water partition coefficient (Wildman–Crippen LogP) is 2.51. The maximum atomic E-state index is 12.2. The highest BCUT2D eigenvalue weighted by atomic mass is 79.9. The van der Waals surface area contributed by atoms with Gasteiger partial charge in [0, 0.05) is 8.95 Å². The lowest BCUT2D eigenvalue weighted by Gasteiger charge is -2.09. The highest BCUT2D eigenvalue weighted by Crippen LogP contribution is 2.29. The molecular weight excluding hydrogens is 400 g/mol. The maximum Gasteiger partial charge on any atom is 0.265 e. The van der Waals surface area contributed by atoms with E-state index in [-0.39, 0.29) is 10.8 Å². The van der Waals surface area contributed by atoms with Gasteiger partial charge >= 0.3 is 0 Å². The standard InChI is InChI=1S/C10H8Br2N4O2S/c1-6-4-8(12)9(5-7(6)11)19(17,18)16-10-13-2-3-14-15-10/h2-5H,1H3,(H,13,15,16). The molecule has 19 heavy (non-hydrogen) atoms. The Morgan fingerprint density at radius 1 is 1.16 bits per heavy atom. The van der Waals surface area contributed by atoms with Gasteiger partial charge in [0.2, 0.25) is 0 Å². The Morgan fingerprint density at radius 3 is 2.53 bits per heavy atom. The first-order valence-corrected chi connectivity index (χ1v) is 8.09. The number of aryl methyl sites for hydroxylation is 1. The summed E-state index contributed by atoms with van der Waals surface area (Å²) in [5.41, 5.74) is 0.920. The van der Waals surface area contributed by atoms with Gasteiger partial charge in [-0.15, -0.1) is 5.10 Å². The fraction of sp³-hybridized carbons (Fsp3) is 0.100. The zero-order chi connectivity index (χ0) is 14.0. The number of sulfonamides is 1. The topological polar surface area (TPSA) is 84.8 Å². The van der Waals surface area contributed by atoms with Crippen molar-refractivity contribution in [2.75, 3.05) is 4.72 Å². The van der Waals surface area contributed by atoms with Gasteiger partial charge in [-0.1, -0.05) is 15.9 Å². The Morgan fingerprint density at radius 2 is 1.89 bits per heavy atom. The molecule has 2 aromatic rings. The molecule has 0 aliphatic heterocycles. The number of nitrogens with one attached hydrogen (secondary N) is 1. The molecule has 1 heterocycles. The average Bonchev–Trinajstić information content (AvgIpc) is 2.34. The molecule has 0 saturated heterocycles. The number of hydrogen-bond acceptors (Lipinski definition) is 5. The highest BCUT2D eigenvalue weighted by molar-refractivity contribution is 9.11. The van der Waals surface area contributed by atoms with Crippen LogP contribution in [0.5, 0.6) is 0 Å². The normalized spacial score (nSPS) is 11.3. The zero-order valence-electron chi connectivity index (χ0n) is 9.63. The fourth-order valence-corrected chi connectivity index (χ4v) is 3.93. The van der Waals surface area contributed by atoms with Crippen LogP contribution < -0.4 is 4.72 Å². The zero-order valence-corrected chi connectivity index (χ0v) is 13.6. The molecule has 0 radical (unpaired) electrons. The van der Waals surface area contributed by atoms with Crippen LogP contribution in [0.15, 0.2) is 38.4 Å². The molecule has 0 saturated carbocycles. The molecule has 0 bridgehead atoms. The van der Waals surface area contributed by atoms with Crippen molar-refractivity contribution in [1.82, 2.24) is 15.2 Å². The minimum absolute atomic E-state index is 0.0777. The van der Waals surface area contributed by atoms with Gasteiger partial charge in [-0.2, -0.15) is 5.10 Å². The first kappa shape index (κ1) is 14.4. The lowest BCUT2D eigenvalue weighted by atomic mass is 10.2. The summed E-state index contributed by atoms with van der Waals surface area (Å²) in [5.74, 6) is -0.0777. The minimum Gasteiger partial charge on any atom is -0.246 e. The summed E-state index contributed by atoms with van der Waals surface area (Å²) in [6, 6.07) is 3.22. The third-order valence-corrected chi connectivity index (χ3v) is 5.35.